The van der Waals surface area contributed by atoms with Gasteiger partial charge < -0.3 is 0 Å². The van der Waals surface area contributed by atoms with Gasteiger partial charge in [0, 0.05) is 0 Å². The molecule has 0 aromatic carbocycles. The van der Waals surface area contributed by atoms with Crippen LogP contribution >= 0.6 is 0 Å². The number of hydrogen-bond acceptors (Lipinski definition) is 6. The second-order valence-corrected chi connectivity index (χ2v) is 10.5. The van der Waals surface area contributed by atoms with Crippen molar-refractivity contribution in [2.24, 2.45) is 0 Å². The Hall–Kier alpha value is -2.03. The number of rotatable bonds is 12. The van der Waals surface area contributed by atoms with Crippen LogP contribution in [0.5, 0.6) is 0 Å². The van der Waals surface area contributed by atoms with Crippen molar-refractivity contribution in [3.63, 3.8) is 0 Å². The van der Waals surface area contributed by atoms with Crippen LogP contribution in [-0.2, 0) is 22.8 Å². The van der Waals surface area contributed by atoms with E-state index in [1.165, 1.54) is 0 Å². The van der Waals surface area contributed by atoms with E-state index in [2.05, 4.69) is 56.3 Å². The molecule has 0 heterocycles. The minimum absolute atomic E-state index is 0.564. The number of carbonyl (C=O) groups is 3. The molecular weight excluding hydrogens is 593 g/mol. The molecule has 0 bridgehead atoms. The summed E-state index contributed by atoms with van der Waals surface area (Å²) in [4.78, 5) is 35.7. The van der Waals surface area contributed by atoms with Gasteiger partial charge in [0.1, 0.15) is 0 Å². The van der Waals surface area contributed by atoms with E-state index < -0.39 is 41.0 Å². The first kappa shape index (κ1) is 29.0. The summed E-state index contributed by atoms with van der Waals surface area (Å²) >= 11 is -4.19. The average molecular weight is 627 g/mol. The zero-order chi connectivity index (χ0) is 23.2. The minimum atomic E-state index is -4.19. The van der Waals surface area contributed by atoms with Crippen molar-refractivity contribution in [1.29, 1.82) is 0 Å². The average Bonchev–Trinajstić information content (AvgIpc) is 2.73. The van der Waals surface area contributed by atoms with Crippen molar-refractivity contribution >= 4 is 41.0 Å². The van der Waals surface area contributed by atoms with E-state index in [9.17, 15) is 14.4 Å². The van der Waals surface area contributed by atoms with Crippen molar-refractivity contribution in [2.75, 3.05) is 0 Å². The van der Waals surface area contributed by atoms with Gasteiger partial charge in [0.15, 0.2) is 0 Å². The second-order valence-electron chi connectivity index (χ2n) is 6.64. The first-order valence-electron chi connectivity index (χ1n) is 11.0. The molecule has 0 aliphatic carbocycles. The summed E-state index contributed by atoms with van der Waals surface area (Å²) in [5, 5.41) is 0. The zero-order valence-corrected chi connectivity index (χ0v) is 22.4. The Kier molecular flexibility index (Phi) is 19.8. The summed E-state index contributed by atoms with van der Waals surface area (Å²) in [7, 11) is 0. The van der Waals surface area contributed by atoms with Crippen molar-refractivity contribution in [3.8, 4) is 35.5 Å². The predicted molar refractivity (Wildman–Crippen MR) is 120 cm³/mol. The molecule has 0 fully saturated rings. The van der Waals surface area contributed by atoms with Crippen LogP contribution in [0.2, 0.25) is 0 Å². The molecule has 0 aliphatic rings. The molecular formula is C24H33BiO6. The molecule has 0 radical (unpaired) electrons. The quantitative estimate of drug-likeness (QED) is 0.182. The predicted octanol–water partition coefficient (Wildman–Crippen LogP) is 4.35. The van der Waals surface area contributed by atoms with Gasteiger partial charge in [-0.05, 0) is 0 Å². The van der Waals surface area contributed by atoms with Gasteiger partial charge in [-0.25, -0.2) is 0 Å². The third kappa shape index (κ3) is 19.7. The fourth-order valence-electron chi connectivity index (χ4n) is 2.12. The van der Waals surface area contributed by atoms with E-state index in [1.54, 1.807) is 0 Å². The third-order valence-corrected chi connectivity index (χ3v) is 7.43. The van der Waals surface area contributed by atoms with Crippen molar-refractivity contribution in [1.82, 2.24) is 0 Å². The van der Waals surface area contributed by atoms with Crippen LogP contribution in [0.25, 0.3) is 0 Å². The first-order valence-corrected chi connectivity index (χ1v) is 15.2. The molecule has 0 N–H and O–H groups in total. The van der Waals surface area contributed by atoms with Crippen LogP contribution in [0.4, 0.5) is 0 Å². The van der Waals surface area contributed by atoms with E-state index >= 15 is 0 Å². The monoisotopic (exact) mass is 626 g/mol. The van der Waals surface area contributed by atoms with Crippen LogP contribution in [0.1, 0.15) is 97.8 Å². The number of hydrogen-bond donors (Lipinski definition) is 0. The molecule has 0 saturated carbocycles. The molecule has 0 aliphatic heterocycles. The number of carbonyl (C=O) groups excluding carboxylic acids is 3. The summed E-state index contributed by atoms with van der Waals surface area (Å²) < 4.78 is 15.2. The fraction of sp³-hybridized carbons (Fsp3) is 0.625. The molecule has 170 valence electrons. The molecule has 0 unspecified atom stereocenters. The molecule has 0 aromatic heterocycles. The van der Waals surface area contributed by atoms with Crippen LogP contribution in [0.15, 0.2) is 0 Å². The van der Waals surface area contributed by atoms with E-state index in [0.29, 0.717) is 19.3 Å². The Labute approximate surface area is 196 Å². The van der Waals surface area contributed by atoms with E-state index in [4.69, 9.17) is 8.44 Å². The van der Waals surface area contributed by atoms with Crippen LogP contribution < -0.4 is 0 Å². The van der Waals surface area contributed by atoms with Gasteiger partial charge in [-0.15, -0.1) is 0 Å². The molecule has 7 heteroatoms. The maximum atomic E-state index is 11.9. The third-order valence-electron chi connectivity index (χ3n) is 3.76. The van der Waals surface area contributed by atoms with Gasteiger partial charge in [0.2, 0.25) is 0 Å². The second kappa shape index (κ2) is 21.2. The summed E-state index contributed by atoms with van der Waals surface area (Å²) in [6.07, 6.45) is 10.6. The number of unbranched alkanes of at least 4 members (excludes halogenated alkanes) is 9. The molecule has 0 amide bonds. The van der Waals surface area contributed by atoms with E-state index in [1.807, 2.05) is 0 Å². The van der Waals surface area contributed by atoms with E-state index in [-0.39, 0.29) is 0 Å². The topological polar surface area (TPSA) is 78.9 Å². The molecule has 0 spiro atoms. The van der Waals surface area contributed by atoms with Crippen molar-refractivity contribution in [3.05, 3.63) is 0 Å². The Balaban J connectivity index is 4.85. The maximum absolute atomic E-state index is 11.9. The van der Waals surface area contributed by atoms with Crippen LogP contribution in [-0.4, -0.2) is 41.0 Å². The van der Waals surface area contributed by atoms with Gasteiger partial charge in [-0.2, -0.15) is 0 Å². The standard InChI is InChI=1S/3C8H12O2.Bi/c3*1-2-3-4-5-6-7-8(9)10;/h3*2-5H2,1H3,(H,9,10);/q;;;+3/p-3. The molecule has 0 rings (SSSR count). The van der Waals surface area contributed by atoms with Gasteiger partial charge in [-0.3, -0.25) is 0 Å². The SMILES string of the molecule is CCCCCC#CC(=O)[O][Bi]([O]C(=O)C#CCCCCC)[O]C(=O)C#CCCCCC. The summed E-state index contributed by atoms with van der Waals surface area (Å²) in [5.41, 5.74) is 0. The molecule has 0 atom stereocenters. The summed E-state index contributed by atoms with van der Waals surface area (Å²) in [6.45, 7) is 6.22. The Morgan fingerprint density at radius 3 is 1.10 bits per heavy atom. The first-order chi connectivity index (χ1) is 15.0. The molecule has 0 aromatic rings. The van der Waals surface area contributed by atoms with Gasteiger partial charge in [0.05, 0.1) is 0 Å². The Morgan fingerprint density at radius 2 is 0.839 bits per heavy atom. The van der Waals surface area contributed by atoms with E-state index in [0.717, 1.165) is 57.8 Å². The molecule has 6 nitrogen and oxygen atoms in total. The Morgan fingerprint density at radius 1 is 0.548 bits per heavy atom. The van der Waals surface area contributed by atoms with Crippen molar-refractivity contribution in [2.45, 2.75) is 97.8 Å². The summed E-state index contributed by atoms with van der Waals surface area (Å²) in [5.74, 6) is 12.5. The van der Waals surface area contributed by atoms with Gasteiger partial charge in [0.25, 0.3) is 0 Å². The normalized spacial score (nSPS) is 9.29. The van der Waals surface area contributed by atoms with Crippen molar-refractivity contribution < 1.29 is 22.8 Å². The van der Waals surface area contributed by atoms with Crippen LogP contribution in [0, 0.1) is 35.5 Å². The molecule has 31 heavy (non-hydrogen) atoms. The van der Waals surface area contributed by atoms with Gasteiger partial charge in [-0.1, -0.05) is 0 Å². The zero-order valence-electron chi connectivity index (χ0n) is 18.9. The van der Waals surface area contributed by atoms with Gasteiger partial charge >= 0.3 is 197 Å². The fourth-order valence-corrected chi connectivity index (χ4v) is 4.67. The van der Waals surface area contributed by atoms with Crippen LogP contribution in [0.3, 0.4) is 0 Å². The summed E-state index contributed by atoms with van der Waals surface area (Å²) in [6, 6.07) is 0. The molecule has 0 saturated heterocycles. The Bertz CT molecular complexity index is 627.